The zero-order valence-electron chi connectivity index (χ0n) is 14.1. The van der Waals surface area contributed by atoms with Crippen LogP contribution in [0.1, 0.15) is 21.5 Å². The predicted molar refractivity (Wildman–Crippen MR) is 109 cm³/mol. The molecule has 1 aliphatic heterocycles. The Morgan fingerprint density at radius 2 is 1.81 bits per heavy atom. The van der Waals surface area contributed by atoms with Crippen molar-refractivity contribution in [3.05, 3.63) is 98.7 Å². The lowest BCUT2D eigenvalue weighted by Gasteiger charge is -2.07. The molecule has 3 aromatic rings. The van der Waals surface area contributed by atoms with Crippen molar-refractivity contribution < 1.29 is 14.3 Å². The van der Waals surface area contributed by atoms with Crippen LogP contribution in [-0.2, 0) is 6.61 Å². The molecule has 134 valence electrons. The van der Waals surface area contributed by atoms with Crippen LogP contribution < -0.4 is 9.47 Å². The summed E-state index contributed by atoms with van der Waals surface area (Å²) >= 11 is 9.37. The minimum atomic E-state index is -0.134. The van der Waals surface area contributed by atoms with Crippen molar-refractivity contribution in [2.45, 2.75) is 6.61 Å². The summed E-state index contributed by atoms with van der Waals surface area (Å²) in [4.78, 5) is 12.6. The van der Waals surface area contributed by atoms with E-state index in [4.69, 9.17) is 21.1 Å². The van der Waals surface area contributed by atoms with Crippen LogP contribution in [0.5, 0.6) is 11.5 Å². The third-order valence-electron chi connectivity index (χ3n) is 4.15. The lowest BCUT2D eigenvalue weighted by atomic mass is 10.1. The van der Waals surface area contributed by atoms with Gasteiger partial charge in [-0.2, -0.15) is 0 Å². The van der Waals surface area contributed by atoms with Crippen LogP contribution in [0.25, 0.3) is 6.08 Å². The van der Waals surface area contributed by atoms with Crippen LogP contribution in [0.3, 0.4) is 0 Å². The molecule has 5 heteroatoms. The maximum atomic E-state index is 12.6. The topological polar surface area (TPSA) is 35.5 Å². The summed E-state index contributed by atoms with van der Waals surface area (Å²) < 4.78 is 12.5. The summed E-state index contributed by atoms with van der Waals surface area (Å²) in [5.74, 6) is 1.31. The molecule has 0 spiro atoms. The van der Waals surface area contributed by atoms with Crippen molar-refractivity contribution in [1.82, 2.24) is 0 Å². The number of benzene rings is 3. The molecule has 0 aromatic heterocycles. The van der Waals surface area contributed by atoms with Gasteiger partial charge in [0.1, 0.15) is 18.1 Å². The number of ketones is 1. The Hall–Kier alpha value is -2.56. The number of hydrogen-bond donors (Lipinski definition) is 0. The van der Waals surface area contributed by atoms with Gasteiger partial charge in [0.05, 0.1) is 5.56 Å². The maximum Gasteiger partial charge on any atom is 0.231 e. The third-order valence-corrected chi connectivity index (χ3v) is 5.13. The molecule has 3 aromatic carbocycles. The highest BCUT2D eigenvalue weighted by Gasteiger charge is 2.27. The van der Waals surface area contributed by atoms with Gasteiger partial charge in [-0.1, -0.05) is 57.9 Å². The second kappa shape index (κ2) is 7.59. The summed E-state index contributed by atoms with van der Waals surface area (Å²) in [5.41, 5.74) is 2.42. The van der Waals surface area contributed by atoms with E-state index in [-0.39, 0.29) is 5.78 Å². The van der Waals surface area contributed by atoms with Crippen LogP contribution in [0.15, 0.2) is 77.0 Å². The number of carbonyl (C=O) groups is 1. The Bertz CT molecular complexity index is 1040. The largest absolute Gasteiger partial charge is 0.489 e. The van der Waals surface area contributed by atoms with Crippen molar-refractivity contribution in [3.63, 3.8) is 0 Å². The smallest absolute Gasteiger partial charge is 0.231 e. The van der Waals surface area contributed by atoms with Gasteiger partial charge in [0, 0.05) is 15.6 Å². The molecule has 0 saturated heterocycles. The highest BCUT2D eigenvalue weighted by Crippen LogP contribution is 2.35. The molecular formula is C22H14BrClO3. The van der Waals surface area contributed by atoms with Gasteiger partial charge >= 0.3 is 0 Å². The Balaban J connectivity index is 1.52. The van der Waals surface area contributed by atoms with E-state index in [2.05, 4.69) is 15.9 Å². The quantitative estimate of drug-likeness (QED) is 0.446. The van der Waals surface area contributed by atoms with E-state index in [1.807, 2.05) is 48.5 Å². The molecule has 3 nitrogen and oxygen atoms in total. The Kier molecular flexibility index (Phi) is 5.01. The van der Waals surface area contributed by atoms with Gasteiger partial charge in [-0.05, 0) is 47.5 Å². The predicted octanol–water partition coefficient (Wildman–Crippen LogP) is 6.30. The van der Waals surface area contributed by atoms with Gasteiger partial charge in [0.2, 0.25) is 5.78 Å². The zero-order valence-corrected chi connectivity index (χ0v) is 16.5. The second-order valence-corrected chi connectivity index (χ2v) is 7.33. The highest BCUT2D eigenvalue weighted by molar-refractivity contribution is 9.10. The number of Topliss-reactive ketones (excluding diaryl/α,β-unsaturated/α-hetero) is 1. The molecule has 0 fully saturated rings. The number of halogens is 2. The molecule has 0 amide bonds. The number of allylic oxidation sites excluding steroid dienone is 1. The molecular weight excluding hydrogens is 428 g/mol. The van der Waals surface area contributed by atoms with Gasteiger partial charge in [-0.25, -0.2) is 0 Å². The number of ether oxygens (including phenoxy) is 2. The number of carbonyl (C=O) groups excluding carboxylic acids is 1. The third kappa shape index (κ3) is 3.92. The van der Waals surface area contributed by atoms with Crippen LogP contribution in [0.2, 0.25) is 5.02 Å². The van der Waals surface area contributed by atoms with E-state index in [1.54, 1.807) is 24.3 Å². The molecule has 0 bridgehead atoms. The first-order chi connectivity index (χ1) is 13.1. The molecule has 0 atom stereocenters. The average molecular weight is 442 g/mol. The van der Waals surface area contributed by atoms with Crippen molar-refractivity contribution in [2.24, 2.45) is 0 Å². The summed E-state index contributed by atoms with van der Waals surface area (Å²) in [5, 5.41) is 0.688. The Labute approximate surface area is 170 Å². The van der Waals surface area contributed by atoms with Gasteiger partial charge in [0.15, 0.2) is 5.76 Å². The molecule has 0 unspecified atom stereocenters. The lowest BCUT2D eigenvalue weighted by Crippen LogP contribution is -1.98. The lowest BCUT2D eigenvalue weighted by molar-refractivity contribution is 0.101. The monoisotopic (exact) mass is 440 g/mol. The maximum absolute atomic E-state index is 12.6. The number of hydrogen-bond acceptors (Lipinski definition) is 3. The molecule has 0 radical (unpaired) electrons. The second-order valence-electron chi connectivity index (χ2n) is 6.03. The van der Waals surface area contributed by atoms with E-state index < -0.39 is 0 Å². The summed E-state index contributed by atoms with van der Waals surface area (Å²) in [6, 6.07) is 20.4. The van der Waals surface area contributed by atoms with Crippen molar-refractivity contribution in [3.8, 4) is 11.5 Å². The Morgan fingerprint density at radius 3 is 2.59 bits per heavy atom. The highest BCUT2D eigenvalue weighted by atomic mass is 79.9. The van der Waals surface area contributed by atoms with Crippen LogP contribution in [0.4, 0.5) is 0 Å². The molecule has 0 aliphatic carbocycles. The van der Waals surface area contributed by atoms with Gasteiger partial charge in [-0.15, -0.1) is 0 Å². The van der Waals surface area contributed by atoms with E-state index >= 15 is 0 Å². The van der Waals surface area contributed by atoms with Crippen LogP contribution in [0, 0.1) is 0 Å². The normalized spacial score (nSPS) is 14.1. The molecule has 1 heterocycles. The van der Waals surface area contributed by atoms with Crippen molar-refractivity contribution in [1.29, 1.82) is 0 Å². The van der Waals surface area contributed by atoms with Gasteiger partial charge < -0.3 is 9.47 Å². The minimum Gasteiger partial charge on any atom is -0.489 e. The fourth-order valence-electron chi connectivity index (χ4n) is 2.74. The Morgan fingerprint density at radius 1 is 1.04 bits per heavy atom. The fourth-order valence-corrected chi connectivity index (χ4v) is 3.26. The molecule has 0 N–H and O–H groups in total. The van der Waals surface area contributed by atoms with Crippen LogP contribution in [-0.4, -0.2) is 5.78 Å². The first-order valence-electron chi connectivity index (χ1n) is 8.30. The summed E-state index contributed by atoms with van der Waals surface area (Å²) in [7, 11) is 0. The first-order valence-corrected chi connectivity index (χ1v) is 9.47. The minimum absolute atomic E-state index is 0.134. The average Bonchev–Trinajstić information content (AvgIpc) is 2.98. The van der Waals surface area contributed by atoms with Crippen molar-refractivity contribution >= 4 is 39.4 Å². The van der Waals surface area contributed by atoms with Gasteiger partial charge in [-0.3, -0.25) is 4.79 Å². The summed E-state index contributed by atoms with van der Waals surface area (Å²) in [6.45, 7) is 0.406. The summed E-state index contributed by atoms with van der Waals surface area (Å²) in [6.07, 6.45) is 1.74. The number of rotatable bonds is 4. The first kappa shape index (κ1) is 17.8. The molecule has 27 heavy (non-hydrogen) atoms. The standard InChI is InChI=1S/C22H14BrClO3/c23-19-4-2-1-3-15(19)11-21-22(25)18-10-9-17(12-20(18)27-21)26-13-14-5-7-16(24)8-6-14/h1-12H,13H2/b21-11-. The fraction of sp³-hybridized carbons (Fsp3) is 0.0455. The number of fused-ring (bicyclic) bond motifs is 1. The van der Waals surface area contributed by atoms with E-state index in [9.17, 15) is 4.79 Å². The van der Waals surface area contributed by atoms with E-state index in [1.165, 1.54) is 0 Å². The van der Waals surface area contributed by atoms with E-state index in [0.717, 1.165) is 15.6 Å². The van der Waals surface area contributed by atoms with Crippen molar-refractivity contribution in [2.75, 3.05) is 0 Å². The molecule has 1 aliphatic rings. The van der Waals surface area contributed by atoms with E-state index in [0.29, 0.717) is 34.5 Å². The molecule has 4 rings (SSSR count). The zero-order chi connectivity index (χ0) is 18.8. The molecule has 0 saturated carbocycles. The SMILES string of the molecule is O=C1/C(=C/c2ccccc2Br)Oc2cc(OCc3ccc(Cl)cc3)ccc21. The van der Waals surface area contributed by atoms with Gasteiger partial charge in [0.25, 0.3) is 0 Å². The van der Waals surface area contributed by atoms with Crippen LogP contribution >= 0.6 is 27.5 Å².